The van der Waals surface area contributed by atoms with Gasteiger partial charge in [0, 0.05) is 5.92 Å². The highest BCUT2D eigenvalue weighted by atomic mass is 16.5. The summed E-state index contributed by atoms with van der Waals surface area (Å²) in [6.07, 6.45) is 6.48. The molecule has 0 bridgehead atoms. The molecule has 4 rings (SSSR count). The number of cyclic esters (lactones) is 1. The first-order valence-corrected chi connectivity index (χ1v) is 6.27. The van der Waals surface area contributed by atoms with Crippen LogP contribution in [0.1, 0.15) is 13.0 Å². The summed E-state index contributed by atoms with van der Waals surface area (Å²) >= 11 is 0. The van der Waals surface area contributed by atoms with Gasteiger partial charge in [-0.3, -0.25) is 4.79 Å². The Morgan fingerprint density at radius 1 is 1.40 bits per heavy atom. The fourth-order valence-electron chi connectivity index (χ4n) is 3.04. The van der Waals surface area contributed by atoms with Gasteiger partial charge in [0.05, 0.1) is 31.2 Å². The van der Waals surface area contributed by atoms with E-state index < -0.39 is 5.41 Å². The summed E-state index contributed by atoms with van der Waals surface area (Å²) in [5.41, 5.74) is 0.721. The molecule has 0 saturated heterocycles. The van der Waals surface area contributed by atoms with Gasteiger partial charge < -0.3 is 14.0 Å². The minimum Gasteiger partial charge on any atom is -0.479 e. The molecule has 20 heavy (non-hydrogen) atoms. The molecule has 1 saturated carbocycles. The predicted molar refractivity (Wildman–Crippen MR) is 67.7 cm³/mol. The average Bonchev–Trinajstić information content (AvgIpc) is 2.88. The maximum Gasteiger partial charge on any atom is 0.319 e. The third-order valence-corrected chi connectivity index (χ3v) is 4.26. The molecule has 0 N–H and O–H groups in total. The van der Waals surface area contributed by atoms with Crippen LogP contribution in [-0.4, -0.2) is 32.6 Å². The lowest BCUT2D eigenvalue weighted by molar-refractivity contribution is -0.145. The van der Waals surface area contributed by atoms with E-state index in [-0.39, 0.29) is 17.9 Å². The SMILES string of the molecule is COc1ncnc2c1ncn2C1C2C=COC(=O)[C@@]21C. The standard InChI is InChI=1S/C13H12N4O3/c1-13-7(3-4-20-12(13)18)9(13)17-6-16-8-10(17)14-5-15-11(8)19-2/h3-7,9H,1-2H3/t7?,9?,13-/m0/s1. The summed E-state index contributed by atoms with van der Waals surface area (Å²) < 4.78 is 12.1. The lowest BCUT2D eigenvalue weighted by atomic mass is 10.1. The Morgan fingerprint density at radius 3 is 3.00 bits per heavy atom. The van der Waals surface area contributed by atoms with Crippen molar-refractivity contribution >= 4 is 17.1 Å². The van der Waals surface area contributed by atoms with Crippen molar-refractivity contribution < 1.29 is 14.3 Å². The Kier molecular flexibility index (Phi) is 2.03. The molecule has 0 radical (unpaired) electrons. The van der Waals surface area contributed by atoms with E-state index in [2.05, 4.69) is 15.0 Å². The first kappa shape index (κ1) is 11.4. The summed E-state index contributed by atoms with van der Waals surface area (Å²) in [5.74, 6) is 0.334. The number of carbonyl (C=O) groups is 1. The number of esters is 1. The molecular formula is C13H12N4O3. The van der Waals surface area contributed by atoms with Crippen LogP contribution in [0.15, 0.2) is 25.0 Å². The van der Waals surface area contributed by atoms with Gasteiger partial charge in [-0.05, 0) is 13.0 Å². The van der Waals surface area contributed by atoms with E-state index in [9.17, 15) is 4.79 Å². The lowest BCUT2D eigenvalue weighted by Gasteiger charge is -2.11. The molecule has 1 aliphatic carbocycles. The lowest BCUT2D eigenvalue weighted by Crippen LogP contribution is -2.19. The van der Waals surface area contributed by atoms with Gasteiger partial charge in [0.15, 0.2) is 11.2 Å². The topological polar surface area (TPSA) is 79.1 Å². The number of imidazole rings is 1. The Bertz CT molecular complexity index is 753. The number of nitrogens with zero attached hydrogens (tertiary/aromatic N) is 4. The van der Waals surface area contributed by atoms with Crippen LogP contribution in [0.5, 0.6) is 5.88 Å². The van der Waals surface area contributed by atoms with Crippen LogP contribution >= 0.6 is 0 Å². The van der Waals surface area contributed by atoms with Crippen molar-refractivity contribution in [3.8, 4) is 5.88 Å². The molecule has 3 heterocycles. The van der Waals surface area contributed by atoms with Crippen LogP contribution < -0.4 is 4.74 Å². The van der Waals surface area contributed by atoms with Crippen LogP contribution in [0.2, 0.25) is 0 Å². The fraction of sp³-hybridized carbons (Fsp3) is 0.385. The molecule has 2 unspecified atom stereocenters. The van der Waals surface area contributed by atoms with Crippen molar-refractivity contribution in [1.82, 2.24) is 19.5 Å². The van der Waals surface area contributed by atoms with Crippen LogP contribution in [0, 0.1) is 11.3 Å². The van der Waals surface area contributed by atoms with Crippen molar-refractivity contribution in [2.24, 2.45) is 11.3 Å². The summed E-state index contributed by atoms with van der Waals surface area (Å²) in [7, 11) is 1.54. The first-order valence-electron chi connectivity index (χ1n) is 6.27. The normalized spacial score (nSPS) is 31.0. The van der Waals surface area contributed by atoms with Gasteiger partial charge in [0.25, 0.3) is 0 Å². The van der Waals surface area contributed by atoms with Crippen LogP contribution in [0.3, 0.4) is 0 Å². The molecule has 2 aliphatic rings. The molecule has 1 fully saturated rings. The number of hydrogen-bond acceptors (Lipinski definition) is 6. The summed E-state index contributed by atoms with van der Waals surface area (Å²) in [5, 5.41) is 0. The minimum absolute atomic E-state index is 0.0293. The van der Waals surface area contributed by atoms with E-state index in [0.29, 0.717) is 17.0 Å². The van der Waals surface area contributed by atoms with Crippen molar-refractivity contribution in [3.63, 3.8) is 0 Å². The average molecular weight is 272 g/mol. The quantitative estimate of drug-likeness (QED) is 0.761. The second-order valence-corrected chi connectivity index (χ2v) is 5.19. The van der Waals surface area contributed by atoms with Crippen LogP contribution in [0.25, 0.3) is 11.2 Å². The molecule has 0 aromatic carbocycles. The maximum absolute atomic E-state index is 12.0. The summed E-state index contributed by atoms with van der Waals surface area (Å²) in [6.45, 7) is 1.90. The molecule has 0 spiro atoms. The molecule has 3 atom stereocenters. The molecule has 1 aliphatic heterocycles. The van der Waals surface area contributed by atoms with Crippen LogP contribution in [-0.2, 0) is 9.53 Å². The number of carbonyl (C=O) groups excluding carboxylic acids is 1. The van der Waals surface area contributed by atoms with Crippen molar-refractivity contribution in [2.75, 3.05) is 7.11 Å². The van der Waals surface area contributed by atoms with E-state index in [1.165, 1.54) is 12.6 Å². The van der Waals surface area contributed by atoms with Gasteiger partial charge in [0.1, 0.15) is 6.33 Å². The maximum atomic E-state index is 12.0. The molecular weight excluding hydrogens is 260 g/mol. The van der Waals surface area contributed by atoms with Crippen molar-refractivity contribution in [2.45, 2.75) is 13.0 Å². The molecule has 0 amide bonds. The van der Waals surface area contributed by atoms with E-state index in [1.807, 2.05) is 17.6 Å². The highest BCUT2D eigenvalue weighted by molar-refractivity contribution is 5.85. The zero-order valence-corrected chi connectivity index (χ0v) is 11.0. The third-order valence-electron chi connectivity index (χ3n) is 4.26. The van der Waals surface area contributed by atoms with Crippen LogP contribution in [0.4, 0.5) is 0 Å². The van der Waals surface area contributed by atoms with Gasteiger partial charge in [-0.1, -0.05) is 0 Å². The van der Waals surface area contributed by atoms with Gasteiger partial charge in [0.2, 0.25) is 5.88 Å². The third kappa shape index (κ3) is 1.19. The zero-order valence-electron chi connectivity index (χ0n) is 11.0. The first-order chi connectivity index (χ1) is 9.67. The van der Waals surface area contributed by atoms with Gasteiger partial charge in [-0.2, -0.15) is 4.98 Å². The number of allylic oxidation sites excluding steroid dienone is 1. The van der Waals surface area contributed by atoms with Crippen molar-refractivity contribution in [1.29, 1.82) is 0 Å². The minimum atomic E-state index is -0.541. The Hall–Kier alpha value is -2.44. The highest BCUT2D eigenvalue weighted by Crippen LogP contribution is 2.65. The molecule has 2 aromatic rings. The Morgan fingerprint density at radius 2 is 2.25 bits per heavy atom. The largest absolute Gasteiger partial charge is 0.479 e. The van der Waals surface area contributed by atoms with Crippen molar-refractivity contribution in [3.05, 3.63) is 25.0 Å². The second kappa shape index (κ2) is 3.56. The van der Waals surface area contributed by atoms with Gasteiger partial charge in [-0.15, -0.1) is 0 Å². The number of methoxy groups -OCH3 is 1. The number of aromatic nitrogens is 4. The monoisotopic (exact) mass is 272 g/mol. The summed E-state index contributed by atoms with van der Waals surface area (Å²) in [4.78, 5) is 24.5. The Balaban J connectivity index is 1.86. The van der Waals surface area contributed by atoms with E-state index in [4.69, 9.17) is 9.47 Å². The fourth-order valence-corrected chi connectivity index (χ4v) is 3.04. The predicted octanol–water partition coefficient (Wildman–Crippen LogP) is 1.08. The Labute approximate surface area is 114 Å². The molecule has 7 heteroatoms. The van der Waals surface area contributed by atoms with Gasteiger partial charge in [-0.25, -0.2) is 9.97 Å². The van der Waals surface area contributed by atoms with E-state index in [1.54, 1.807) is 13.4 Å². The molecule has 7 nitrogen and oxygen atoms in total. The number of ether oxygens (including phenoxy) is 2. The molecule has 102 valence electrons. The number of hydrogen-bond donors (Lipinski definition) is 0. The number of fused-ring (bicyclic) bond motifs is 2. The number of rotatable bonds is 2. The summed E-state index contributed by atoms with van der Waals surface area (Å²) in [6, 6.07) is -0.0293. The van der Waals surface area contributed by atoms with E-state index >= 15 is 0 Å². The van der Waals surface area contributed by atoms with Gasteiger partial charge >= 0.3 is 5.97 Å². The smallest absolute Gasteiger partial charge is 0.319 e. The highest BCUT2D eigenvalue weighted by Gasteiger charge is 2.69. The van der Waals surface area contributed by atoms with E-state index in [0.717, 1.165) is 0 Å². The zero-order chi connectivity index (χ0) is 13.9. The molecule has 2 aromatic heterocycles. The second-order valence-electron chi connectivity index (χ2n) is 5.19.